The van der Waals surface area contributed by atoms with Crippen molar-refractivity contribution >= 4 is 38.1 Å². The van der Waals surface area contributed by atoms with Crippen LogP contribution < -0.4 is 0 Å². The van der Waals surface area contributed by atoms with Crippen molar-refractivity contribution < 1.29 is 12.3 Å². The van der Waals surface area contributed by atoms with E-state index in [4.69, 9.17) is 12.3 Å². The first kappa shape index (κ1) is 13.5. The Kier molecular flexibility index (Phi) is 8.15. The Morgan fingerprint density at radius 1 is 1.08 bits per heavy atom. The van der Waals surface area contributed by atoms with Crippen LogP contribution in [0.25, 0.3) is 0 Å². The van der Waals surface area contributed by atoms with Gasteiger partial charge in [-0.25, -0.2) is 0 Å². The number of allylic oxidation sites excluding steroid dienone is 1. The van der Waals surface area contributed by atoms with Crippen molar-refractivity contribution in [1.82, 2.24) is 0 Å². The normalized spacial score (nSPS) is 18.1. The molecule has 7 heteroatoms. The minimum atomic E-state index is -2.23. The summed E-state index contributed by atoms with van der Waals surface area (Å²) in [5.74, 6) is 0. The van der Waals surface area contributed by atoms with E-state index in [0.29, 0.717) is 0 Å². The van der Waals surface area contributed by atoms with Crippen LogP contribution in [0.15, 0.2) is 12.7 Å². The lowest BCUT2D eigenvalue weighted by molar-refractivity contribution is 0.288. The summed E-state index contributed by atoms with van der Waals surface area (Å²) in [7, 11) is -3.56. The molecule has 0 radical (unpaired) electrons. The van der Waals surface area contributed by atoms with Crippen molar-refractivity contribution in [1.29, 1.82) is 0 Å². The lowest BCUT2D eigenvalue weighted by atomic mass is 10.8. The van der Waals surface area contributed by atoms with Crippen LogP contribution in [0.5, 0.6) is 0 Å². The van der Waals surface area contributed by atoms with Gasteiger partial charge in [0.15, 0.2) is 0 Å². The third-order valence-electron chi connectivity index (χ3n) is 1.49. The molecule has 0 heterocycles. The van der Waals surface area contributed by atoms with Gasteiger partial charge < -0.3 is 12.3 Å². The fourth-order valence-electron chi connectivity index (χ4n) is 1.14. The van der Waals surface area contributed by atoms with Crippen molar-refractivity contribution in [3.05, 3.63) is 12.7 Å². The van der Waals surface area contributed by atoms with E-state index >= 15 is 0 Å². The van der Waals surface area contributed by atoms with Gasteiger partial charge in [0.25, 0.3) is 0 Å². The fourth-order valence-corrected chi connectivity index (χ4v) is 11.4. The molecule has 0 bridgehead atoms. The highest BCUT2D eigenvalue weighted by atomic mass is 28.5. The summed E-state index contributed by atoms with van der Waals surface area (Å²) in [6.07, 6.45) is 1.87. The highest BCUT2D eigenvalue weighted by Crippen LogP contribution is 2.14. The van der Waals surface area contributed by atoms with E-state index in [1.165, 1.54) is 0 Å². The Bertz CT molecular complexity index is 127. The molecular formula is C6H20O3Si4. The predicted octanol–water partition coefficient (Wildman–Crippen LogP) is -0.443. The molecule has 0 aromatic heterocycles. The van der Waals surface area contributed by atoms with Crippen molar-refractivity contribution in [3.63, 3.8) is 0 Å². The van der Waals surface area contributed by atoms with Gasteiger partial charge in [0, 0.05) is 6.04 Å². The molecule has 78 valence electrons. The lowest BCUT2D eigenvalue weighted by Gasteiger charge is -2.28. The van der Waals surface area contributed by atoms with Crippen LogP contribution in [0, 0.1) is 0 Å². The van der Waals surface area contributed by atoms with Gasteiger partial charge in [-0.1, -0.05) is 25.7 Å². The largest absolute Gasteiger partial charge is 0.472 e. The van der Waals surface area contributed by atoms with E-state index in [0.717, 1.165) is 6.04 Å². The van der Waals surface area contributed by atoms with Crippen LogP contribution in [-0.4, -0.2) is 38.1 Å². The first-order valence-corrected chi connectivity index (χ1v) is 12.7. The molecule has 13 heavy (non-hydrogen) atoms. The SMILES string of the molecule is C=CC[Si](O[SiH2]C)(O[SiH2]C)O[SiH2]C. The van der Waals surface area contributed by atoms with Gasteiger partial charge in [0.2, 0.25) is 0 Å². The third kappa shape index (κ3) is 5.05. The summed E-state index contributed by atoms with van der Waals surface area (Å²) in [6, 6.07) is 0.787. The molecule has 3 nitrogen and oxygen atoms in total. The van der Waals surface area contributed by atoms with Gasteiger partial charge in [0.05, 0.1) is 0 Å². The average Bonchev–Trinajstić information content (AvgIpc) is 2.06. The van der Waals surface area contributed by atoms with Crippen LogP contribution >= 0.6 is 0 Å². The van der Waals surface area contributed by atoms with Crippen LogP contribution in [0.3, 0.4) is 0 Å². The first-order chi connectivity index (χ1) is 6.24. The molecule has 0 fully saturated rings. The molecule has 0 N–H and O–H groups in total. The van der Waals surface area contributed by atoms with Crippen molar-refractivity contribution in [3.8, 4) is 0 Å². The zero-order valence-corrected chi connectivity index (χ0v) is 14.1. The van der Waals surface area contributed by atoms with Gasteiger partial charge in [0.1, 0.15) is 29.3 Å². The van der Waals surface area contributed by atoms with E-state index in [-0.39, 0.29) is 0 Å². The maximum atomic E-state index is 5.78. The smallest absolute Gasteiger partial charge is 0.422 e. The van der Waals surface area contributed by atoms with Crippen molar-refractivity contribution in [2.45, 2.75) is 25.7 Å². The van der Waals surface area contributed by atoms with Gasteiger partial charge in [-0.05, 0) is 0 Å². The Hall–Kier alpha value is 0.488. The quantitative estimate of drug-likeness (QED) is 0.433. The average molecular weight is 253 g/mol. The van der Waals surface area contributed by atoms with E-state index in [9.17, 15) is 0 Å². The summed E-state index contributed by atoms with van der Waals surface area (Å²) in [6.45, 7) is 10.1. The molecule has 0 aromatic rings. The van der Waals surface area contributed by atoms with E-state index in [2.05, 4.69) is 26.2 Å². The van der Waals surface area contributed by atoms with Crippen LogP contribution in [0.4, 0.5) is 0 Å². The molecule has 0 atom stereocenters. The number of rotatable bonds is 8. The van der Waals surface area contributed by atoms with Crippen LogP contribution in [-0.2, 0) is 12.3 Å². The molecule has 0 amide bonds. The summed E-state index contributed by atoms with van der Waals surface area (Å²) in [5, 5.41) is 0. The Balaban J connectivity index is 4.27. The summed E-state index contributed by atoms with van der Waals surface area (Å²) in [4.78, 5) is 0. The second kappa shape index (κ2) is 7.85. The van der Waals surface area contributed by atoms with Crippen molar-refractivity contribution in [2.24, 2.45) is 0 Å². The molecule has 0 aliphatic carbocycles. The molecule has 0 saturated carbocycles. The van der Waals surface area contributed by atoms with E-state index < -0.39 is 38.1 Å². The zero-order chi connectivity index (χ0) is 10.2. The minimum Gasteiger partial charge on any atom is -0.422 e. The van der Waals surface area contributed by atoms with Crippen LogP contribution in [0.2, 0.25) is 25.7 Å². The Morgan fingerprint density at radius 2 is 1.46 bits per heavy atom. The number of hydrogen-bond donors (Lipinski definition) is 0. The van der Waals surface area contributed by atoms with E-state index in [1.807, 2.05) is 6.08 Å². The third-order valence-corrected chi connectivity index (χ3v) is 11.0. The first-order valence-electron chi connectivity index (χ1n) is 4.77. The summed E-state index contributed by atoms with van der Waals surface area (Å²) in [5.41, 5.74) is 0. The molecule has 0 saturated heterocycles. The Morgan fingerprint density at radius 3 is 1.69 bits per heavy atom. The van der Waals surface area contributed by atoms with Crippen LogP contribution in [0.1, 0.15) is 0 Å². The minimum absolute atomic E-state index is 0.443. The Labute approximate surface area is 89.1 Å². The zero-order valence-electron chi connectivity index (χ0n) is 8.84. The monoisotopic (exact) mass is 252 g/mol. The number of hydrogen-bond acceptors (Lipinski definition) is 3. The lowest BCUT2D eigenvalue weighted by Crippen LogP contribution is -2.47. The maximum absolute atomic E-state index is 5.78. The standard InChI is InChI=1S/C6H20O3Si4/c1-5-6-13(7-10-2,8-11-3)9-12-4/h5H,1,6,10-12H2,2-4H3. The second-order valence-corrected chi connectivity index (χ2v) is 9.45. The molecule has 0 aromatic carbocycles. The molecule has 0 unspecified atom stereocenters. The van der Waals surface area contributed by atoms with Gasteiger partial charge in [-0.3, -0.25) is 0 Å². The van der Waals surface area contributed by atoms with Gasteiger partial charge >= 0.3 is 8.80 Å². The van der Waals surface area contributed by atoms with E-state index in [1.54, 1.807) is 0 Å². The van der Waals surface area contributed by atoms with Gasteiger partial charge in [-0.2, -0.15) is 0 Å². The molecule has 0 rings (SSSR count). The molecular weight excluding hydrogens is 232 g/mol. The second-order valence-electron chi connectivity index (χ2n) is 2.47. The molecule has 0 spiro atoms. The topological polar surface area (TPSA) is 27.7 Å². The summed E-state index contributed by atoms with van der Waals surface area (Å²) < 4.78 is 17.3. The highest BCUT2D eigenvalue weighted by Gasteiger charge is 2.36. The predicted molar refractivity (Wildman–Crippen MR) is 67.2 cm³/mol. The molecule has 0 aliphatic rings. The van der Waals surface area contributed by atoms with Crippen molar-refractivity contribution in [2.75, 3.05) is 0 Å². The maximum Gasteiger partial charge on any atom is 0.472 e. The fraction of sp³-hybridized carbons (Fsp3) is 0.667. The molecule has 0 aliphatic heterocycles. The van der Waals surface area contributed by atoms with Gasteiger partial charge in [-0.15, -0.1) is 6.58 Å². The highest BCUT2D eigenvalue weighted by molar-refractivity contribution is 6.73. The summed E-state index contributed by atoms with van der Waals surface area (Å²) >= 11 is 0.